The summed E-state index contributed by atoms with van der Waals surface area (Å²) < 4.78 is 13.1. The van der Waals surface area contributed by atoms with Crippen molar-refractivity contribution in [3.63, 3.8) is 0 Å². The number of aliphatic hydroxyl groups excluding tert-OH is 1. The van der Waals surface area contributed by atoms with Crippen molar-refractivity contribution >= 4 is 5.91 Å². The molecule has 1 amide bonds. The van der Waals surface area contributed by atoms with Gasteiger partial charge in [0.15, 0.2) is 0 Å². The Balaban J connectivity index is 1.74. The van der Waals surface area contributed by atoms with E-state index in [1.165, 1.54) is 12.1 Å². The van der Waals surface area contributed by atoms with Gasteiger partial charge in [0.2, 0.25) is 5.91 Å². The molecule has 0 saturated carbocycles. The summed E-state index contributed by atoms with van der Waals surface area (Å²) in [4.78, 5) is 12.0. The highest BCUT2D eigenvalue weighted by molar-refractivity contribution is 5.76. The first-order chi connectivity index (χ1) is 10.6. The predicted molar refractivity (Wildman–Crippen MR) is 83.7 cm³/mol. The predicted octanol–water partition coefficient (Wildman–Crippen LogP) is 2.00. The second kappa shape index (κ2) is 8.25. The molecule has 4 nitrogen and oxygen atoms in total. The van der Waals surface area contributed by atoms with Crippen LogP contribution in [-0.4, -0.2) is 30.6 Å². The minimum Gasteiger partial charge on any atom is -0.387 e. The molecule has 22 heavy (non-hydrogen) atoms. The van der Waals surface area contributed by atoms with Gasteiger partial charge in [0, 0.05) is 13.0 Å². The summed E-state index contributed by atoms with van der Waals surface area (Å²) >= 11 is 0. The van der Waals surface area contributed by atoms with Gasteiger partial charge in [-0.05, 0) is 55.5 Å². The highest BCUT2D eigenvalue weighted by atomic mass is 19.1. The van der Waals surface area contributed by atoms with Gasteiger partial charge in [0.1, 0.15) is 5.82 Å². The number of halogens is 1. The fourth-order valence-electron chi connectivity index (χ4n) is 2.99. The van der Waals surface area contributed by atoms with Crippen molar-refractivity contribution in [1.29, 1.82) is 0 Å². The largest absolute Gasteiger partial charge is 0.387 e. The Morgan fingerprint density at radius 3 is 2.86 bits per heavy atom. The van der Waals surface area contributed by atoms with Crippen molar-refractivity contribution in [1.82, 2.24) is 10.6 Å². The fourth-order valence-corrected chi connectivity index (χ4v) is 2.99. The van der Waals surface area contributed by atoms with E-state index in [2.05, 4.69) is 17.6 Å². The number of hydrogen-bond donors (Lipinski definition) is 3. The second-order valence-electron chi connectivity index (χ2n) is 6.14. The van der Waals surface area contributed by atoms with Crippen molar-refractivity contribution in [2.24, 2.45) is 11.8 Å². The van der Waals surface area contributed by atoms with Gasteiger partial charge < -0.3 is 15.7 Å². The quantitative estimate of drug-likeness (QED) is 0.753. The molecular weight excluding hydrogens is 283 g/mol. The molecule has 1 aliphatic heterocycles. The first kappa shape index (κ1) is 16.9. The third kappa shape index (κ3) is 5.07. The smallest absolute Gasteiger partial charge is 0.220 e. The standard InChI is InChI=1S/C17H25FN2O2/c1-12(13-5-7-19-8-6-13)9-17(22)20-11-16(21)14-3-2-4-15(18)10-14/h2-4,10,12-13,16,19,21H,5-9,11H2,1H3,(H,20,22). The van der Waals surface area contributed by atoms with Gasteiger partial charge in [-0.3, -0.25) is 4.79 Å². The first-order valence-corrected chi connectivity index (χ1v) is 7.97. The van der Waals surface area contributed by atoms with Crippen molar-refractivity contribution in [3.05, 3.63) is 35.6 Å². The van der Waals surface area contributed by atoms with Crippen molar-refractivity contribution in [2.45, 2.75) is 32.3 Å². The highest BCUT2D eigenvalue weighted by Gasteiger charge is 2.22. The topological polar surface area (TPSA) is 61.4 Å². The van der Waals surface area contributed by atoms with Gasteiger partial charge in [-0.2, -0.15) is 0 Å². The monoisotopic (exact) mass is 308 g/mol. The summed E-state index contributed by atoms with van der Waals surface area (Å²) in [6.07, 6.45) is 1.81. The molecule has 1 heterocycles. The van der Waals surface area contributed by atoms with Crippen LogP contribution in [0.2, 0.25) is 0 Å². The number of piperidine rings is 1. The average molecular weight is 308 g/mol. The minimum absolute atomic E-state index is 0.0542. The van der Waals surface area contributed by atoms with E-state index in [9.17, 15) is 14.3 Å². The van der Waals surface area contributed by atoms with Crippen LogP contribution in [0.5, 0.6) is 0 Å². The third-order valence-electron chi connectivity index (χ3n) is 4.42. The lowest BCUT2D eigenvalue weighted by Gasteiger charge is -2.28. The number of aliphatic hydroxyl groups is 1. The molecule has 122 valence electrons. The Morgan fingerprint density at radius 1 is 1.45 bits per heavy atom. The van der Waals surface area contributed by atoms with Crippen LogP contribution in [0, 0.1) is 17.7 Å². The molecule has 0 bridgehead atoms. The van der Waals surface area contributed by atoms with E-state index in [1.54, 1.807) is 12.1 Å². The number of nitrogens with one attached hydrogen (secondary N) is 2. The number of carbonyl (C=O) groups excluding carboxylic acids is 1. The Hall–Kier alpha value is -1.46. The molecule has 1 aromatic carbocycles. The molecule has 1 aromatic rings. The van der Waals surface area contributed by atoms with Crippen LogP contribution in [0.4, 0.5) is 4.39 Å². The van der Waals surface area contributed by atoms with E-state index in [0.717, 1.165) is 25.9 Å². The SMILES string of the molecule is CC(CC(=O)NCC(O)c1cccc(F)c1)C1CCNCC1. The molecule has 0 spiro atoms. The Kier molecular flexibility index (Phi) is 6.34. The molecule has 1 fully saturated rings. The third-order valence-corrected chi connectivity index (χ3v) is 4.42. The van der Waals surface area contributed by atoms with Gasteiger partial charge >= 0.3 is 0 Å². The maximum absolute atomic E-state index is 13.1. The van der Waals surface area contributed by atoms with Crippen molar-refractivity contribution < 1.29 is 14.3 Å². The summed E-state index contributed by atoms with van der Waals surface area (Å²) in [5.74, 6) is 0.484. The molecule has 1 saturated heterocycles. The minimum atomic E-state index is -0.881. The first-order valence-electron chi connectivity index (χ1n) is 7.97. The van der Waals surface area contributed by atoms with E-state index in [-0.39, 0.29) is 18.3 Å². The highest BCUT2D eigenvalue weighted by Crippen LogP contribution is 2.24. The molecule has 3 N–H and O–H groups in total. The van der Waals surface area contributed by atoms with Crippen LogP contribution < -0.4 is 10.6 Å². The maximum Gasteiger partial charge on any atom is 0.220 e. The van der Waals surface area contributed by atoms with E-state index >= 15 is 0 Å². The summed E-state index contributed by atoms with van der Waals surface area (Å²) in [6.45, 7) is 4.27. The number of amides is 1. The molecule has 1 aliphatic rings. The zero-order valence-corrected chi connectivity index (χ0v) is 13.0. The van der Waals surface area contributed by atoms with Crippen LogP contribution in [0.3, 0.4) is 0 Å². The van der Waals surface area contributed by atoms with Crippen LogP contribution in [0.15, 0.2) is 24.3 Å². The van der Waals surface area contributed by atoms with E-state index < -0.39 is 6.10 Å². The number of rotatable bonds is 6. The van der Waals surface area contributed by atoms with Crippen molar-refractivity contribution in [3.8, 4) is 0 Å². The molecule has 5 heteroatoms. The summed E-state index contributed by atoms with van der Waals surface area (Å²) in [5, 5.41) is 16.1. The molecular formula is C17H25FN2O2. The van der Waals surface area contributed by atoms with Gasteiger partial charge in [-0.15, -0.1) is 0 Å². The Bertz CT molecular complexity index is 489. The lowest BCUT2D eigenvalue weighted by molar-refractivity contribution is -0.122. The van der Waals surface area contributed by atoms with Crippen LogP contribution >= 0.6 is 0 Å². The lowest BCUT2D eigenvalue weighted by Crippen LogP contribution is -2.34. The van der Waals surface area contributed by atoms with Crippen molar-refractivity contribution in [2.75, 3.05) is 19.6 Å². The average Bonchev–Trinajstić information content (AvgIpc) is 2.53. The lowest BCUT2D eigenvalue weighted by atomic mass is 9.84. The molecule has 0 radical (unpaired) electrons. The zero-order chi connectivity index (χ0) is 15.9. The summed E-state index contributed by atoms with van der Waals surface area (Å²) in [6, 6.07) is 5.82. The molecule has 0 aromatic heterocycles. The fraction of sp³-hybridized carbons (Fsp3) is 0.588. The van der Waals surface area contributed by atoms with Gasteiger partial charge in [-0.1, -0.05) is 19.1 Å². The second-order valence-corrected chi connectivity index (χ2v) is 6.14. The normalized spacial score (nSPS) is 18.7. The number of carbonyl (C=O) groups is 1. The summed E-state index contributed by atoms with van der Waals surface area (Å²) in [5.41, 5.74) is 0.478. The van der Waals surface area contributed by atoms with E-state index in [1.807, 2.05) is 0 Å². The zero-order valence-electron chi connectivity index (χ0n) is 13.0. The van der Waals surface area contributed by atoms with Gasteiger partial charge in [0.25, 0.3) is 0 Å². The number of benzene rings is 1. The van der Waals surface area contributed by atoms with Gasteiger partial charge in [-0.25, -0.2) is 4.39 Å². The Morgan fingerprint density at radius 2 is 2.18 bits per heavy atom. The van der Waals surface area contributed by atoms with Crippen LogP contribution in [0.25, 0.3) is 0 Å². The Labute approximate surface area is 131 Å². The molecule has 2 atom stereocenters. The van der Waals surface area contributed by atoms with Crippen LogP contribution in [0.1, 0.15) is 37.9 Å². The molecule has 0 aliphatic carbocycles. The van der Waals surface area contributed by atoms with Crippen LogP contribution in [-0.2, 0) is 4.79 Å². The van der Waals surface area contributed by atoms with E-state index in [4.69, 9.17) is 0 Å². The number of hydrogen-bond acceptors (Lipinski definition) is 3. The molecule has 2 rings (SSSR count). The molecule has 2 unspecified atom stereocenters. The van der Waals surface area contributed by atoms with E-state index in [0.29, 0.717) is 23.8 Å². The van der Waals surface area contributed by atoms with Gasteiger partial charge in [0.05, 0.1) is 6.10 Å². The summed E-state index contributed by atoms with van der Waals surface area (Å²) in [7, 11) is 0. The maximum atomic E-state index is 13.1.